The maximum absolute atomic E-state index is 11.7. The zero-order valence-corrected chi connectivity index (χ0v) is 9.45. The van der Waals surface area contributed by atoms with E-state index in [-0.39, 0.29) is 17.9 Å². The molecule has 0 radical (unpaired) electrons. The van der Waals surface area contributed by atoms with Crippen LogP contribution in [-0.4, -0.2) is 24.2 Å². The van der Waals surface area contributed by atoms with E-state index in [0.29, 0.717) is 12.3 Å². The topological polar surface area (TPSA) is 62.5 Å². The quantitative estimate of drug-likeness (QED) is 0.794. The molecule has 0 spiro atoms. The van der Waals surface area contributed by atoms with Gasteiger partial charge >= 0.3 is 0 Å². The summed E-state index contributed by atoms with van der Waals surface area (Å²) < 4.78 is 5.11. The van der Waals surface area contributed by atoms with Crippen LogP contribution in [0.5, 0.6) is 0 Å². The monoisotopic (exact) mass is 223 g/mol. The minimum Gasteiger partial charge on any atom is -0.459 e. The number of carbonyl (C=O) groups excluding carboxylic acids is 1. The third kappa shape index (κ3) is 2.27. The van der Waals surface area contributed by atoms with E-state index in [2.05, 4.69) is 5.32 Å². The van der Waals surface area contributed by atoms with Crippen molar-refractivity contribution in [1.29, 1.82) is 0 Å². The van der Waals surface area contributed by atoms with Crippen LogP contribution in [0, 0.1) is 12.3 Å². The van der Waals surface area contributed by atoms with Gasteiger partial charge in [0.25, 0.3) is 5.91 Å². The summed E-state index contributed by atoms with van der Waals surface area (Å²) in [4.78, 5) is 11.7. The number of furan rings is 1. The molecule has 1 aliphatic rings. The number of hydrogen-bond acceptors (Lipinski definition) is 3. The smallest absolute Gasteiger partial charge is 0.287 e. The Morgan fingerprint density at radius 3 is 2.88 bits per heavy atom. The number of hydrogen-bond donors (Lipinski definition) is 2. The lowest BCUT2D eigenvalue weighted by Gasteiger charge is -2.13. The number of aliphatic hydroxyl groups excluding tert-OH is 1. The Morgan fingerprint density at radius 1 is 1.62 bits per heavy atom. The van der Waals surface area contributed by atoms with Crippen LogP contribution in [-0.2, 0) is 0 Å². The number of nitrogens with one attached hydrogen (secondary N) is 1. The fourth-order valence-corrected chi connectivity index (χ4v) is 1.88. The van der Waals surface area contributed by atoms with Gasteiger partial charge in [-0.25, -0.2) is 0 Å². The summed E-state index contributed by atoms with van der Waals surface area (Å²) >= 11 is 0. The summed E-state index contributed by atoms with van der Waals surface area (Å²) in [6.07, 6.45) is 4.46. The predicted molar refractivity (Wildman–Crippen MR) is 59.1 cm³/mol. The average molecular weight is 223 g/mol. The summed E-state index contributed by atoms with van der Waals surface area (Å²) in [6, 6.07) is 1.77. The molecule has 0 bridgehead atoms. The molecule has 0 atom stereocenters. The molecule has 16 heavy (non-hydrogen) atoms. The van der Waals surface area contributed by atoms with Crippen molar-refractivity contribution in [1.82, 2.24) is 5.32 Å². The zero-order chi connectivity index (χ0) is 11.6. The Balaban J connectivity index is 1.87. The highest BCUT2D eigenvalue weighted by Gasteiger charge is 2.42. The Hall–Kier alpha value is -1.29. The van der Waals surface area contributed by atoms with Gasteiger partial charge < -0.3 is 14.8 Å². The van der Waals surface area contributed by atoms with Gasteiger partial charge in [0.1, 0.15) is 0 Å². The summed E-state index contributed by atoms with van der Waals surface area (Å²) in [6.45, 7) is 2.67. The molecule has 1 fully saturated rings. The van der Waals surface area contributed by atoms with Gasteiger partial charge in [0, 0.05) is 18.7 Å². The minimum atomic E-state index is -0.160. The molecule has 1 aromatic heterocycles. The number of carbonyl (C=O) groups is 1. The van der Waals surface area contributed by atoms with Crippen molar-refractivity contribution in [3.8, 4) is 0 Å². The molecule has 0 saturated heterocycles. The molecule has 4 heteroatoms. The maximum Gasteiger partial charge on any atom is 0.287 e. The largest absolute Gasteiger partial charge is 0.459 e. The Bertz CT molecular complexity index is 379. The Labute approximate surface area is 94.6 Å². The first-order valence-electron chi connectivity index (χ1n) is 5.60. The van der Waals surface area contributed by atoms with Gasteiger partial charge in [0.15, 0.2) is 5.76 Å². The van der Waals surface area contributed by atoms with Crippen LogP contribution in [0.3, 0.4) is 0 Å². The van der Waals surface area contributed by atoms with E-state index in [1.165, 1.54) is 6.26 Å². The second-order valence-electron chi connectivity index (χ2n) is 4.59. The highest BCUT2D eigenvalue weighted by atomic mass is 16.3. The van der Waals surface area contributed by atoms with Gasteiger partial charge in [0.05, 0.1) is 6.26 Å². The second kappa shape index (κ2) is 4.29. The molecular weight excluding hydrogens is 206 g/mol. The number of aliphatic hydroxyl groups is 1. The van der Waals surface area contributed by atoms with Gasteiger partial charge in [-0.1, -0.05) is 0 Å². The van der Waals surface area contributed by atoms with Crippen LogP contribution in [0.15, 0.2) is 16.7 Å². The van der Waals surface area contributed by atoms with Crippen LogP contribution >= 0.6 is 0 Å². The molecule has 88 valence electrons. The predicted octanol–water partition coefficient (Wildman–Crippen LogP) is 1.48. The molecule has 1 saturated carbocycles. The molecule has 0 aromatic carbocycles. The summed E-state index contributed by atoms with van der Waals surface area (Å²) in [5, 5.41) is 11.8. The molecule has 1 heterocycles. The summed E-state index contributed by atoms with van der Waals surface area (Å²) in [5.74, 6) is 0.228. The van der Waals surface area contributed by atoms with E-state index < -0.39 is 0 Å². The summed E-state index contributed by atoms with van der Waals surface area (Å²) in [7, 11) is 0. The SMILES string of the molecule is Cc1ccoc1C(=O)NCC1(CCO)CC1. The minimum absolute atomic E-state index is 0.144. The lowest BCUT2D eigenvalue weighted by molar-refractivity contribution is 0.0912. The molecule has 1 amide bonds. The molecule has 4 nitrogen and oxygen atoms in total. The first-order chi connectivity index (χ1) is 7.67. The zero-order valence-electron chi connectivity index (χ0n) is 9.45. The molecule has 0 unspecified atom stereocenters. The van der Waals surface area contributed by atoms with Crippen LogP contribution in [0.4, 0.5) is 0 Å². The van der Waals surface area contributed by atoms with Crippen LogP contribution in [0.25, 0.3) is 0 Å². The molecule has 1 aliphatic carbocycles. The number of aryl methyl sites for hydroxylation is 1. The van der Waals surface area contributed by atoms with E-state index in [0.717, 1.165) is 24.8 Å². The molecule has 1 aromatic rings. The van der Waals surface area contributed by atoms with Crippen LogP contribution < -0.4 is 5.32 Å². The summed E-state index contributed by atoms with van der Waals surface area (Å²) in [5.41, 5.74) is 0.995. The standard InChI is InChI=1S/C12H17NO3/c1-9-2-7-16-10(9)11(15)13-8-12(3-4-12)5-6-14/h2,7,14H,3-6,8H2,1H3,(H,13,15). The van der Waals surface area contributed by atoms with Gasteiger partial charge in [-0.2, -0.15) is 0 Å². The van der Waals surface area contributed by atoms with Gasteiger partial charge in [-0.05, 0) is 37.7 Å². The van der Waals surface area contributed by atoms with Crippen molar-refractivity contribution >= 4 is 5.91 Å². The van der Waals surface area contributed by atoms with Crippen LogP contribution in [0.1, 0.15) is 35.4 Å². The average Bonchev–Trinajstić information content (AvgIpc) is 2.89. The van der Waals surface area contributed by atoms with E-state index in [9.17, 15) is 4.79 Å². The van der Waals surface area contributed by atoms with Crippen molar-refractivity contribution in [2.24, 2.45) is 5.41 Å². The molecule has 2 N–H and O–H groups in total. The fourth-order valence-electron chi connectivity index (χ4n) is 1.88. The third-order valence-electron chi connectivity index (χ3n) is 3.29. The Kier molecular flexibility index (Phi) is 3.01. The van der Waals surface area contributed by atoms with E-state index in [1.807, 2.05) is 6.92 Å². The first-order valence-corrected chi connectivity index (χ1v) is 5.60. The van der Waals surface area contributed by atoms with Crippen molar-refractivity contribution < 1.29 is 14.3 Å². The van der Waals surface area contributed by atoms with E-state index >= 15 is 0 Å². The number of amides is 1. The lowest BCUT2D eigenvalue weighted by Crippen LogP contribution is -2.30. The normalized spacial score (nSPS) is 17.1. The Morgan fingerprint density at radius 2 is 2.38 bits per heavy atom. The van der Waals surface area contributed by atoms with Crippen LogP contribution in [0.2, 0.25) is 0 Å². The number of rotatable bonds is 5. The van der Waals surface area contributed by atoms with Crippen molar-refractivity contribution in [2.45, 2.75) is 26.2 Å². The molecule has 0 aliphatic heterocycles. The van der Waals surface area contributed by atoms with E-state index in [4.69, 9.17) is 9.52 Å². The highest BCUT2D eigenvalue weighted by Crippen LogP contribution is 2.47. The van der Waals surface area contributed by atoms with Gasteiger partial charge in [-0.15, -0.1) is 0 Å². The highest BCUT2D eigenvalue weighted by molar-refractivity contribution is 5.92. The maximum atomic E-state index is 11.7. The van der Waals surface area contributed by atoms with Crippen molar-refractivity contribution in [2.75, 3.05) is 13.2 Å². The molecule has 2 rings (SSSR count). The van der Waals surface area contributed by atoms with Crippen molar-refractivity contribution in [3.05, 3.63) is 23.7 Å². The van der Waals surface area contributed by atoms with Gasteiger partial charge in [0.2, 0.25) is 0 Å². The fraction of sp³-hybridized carbons (Fsp3) is 0.583. The lowest BCUT2D eigenvalue weighted by atomic mass is 10.0. The second-order valence-corrected chi connectivity index (χ2v) is 4.59. The van der Waals surface area contributed by atoms with Gasteiger partial charge in [-0.3, -0.25) is 4.79 Å². The van der Waals surface area contributed by atoms with Crippen molar-refractivity contribution in [3.63, 3.8) is 0 Å². The van der Waals surface area contributed by atoms with E-state index in [1.54, 1.807) is 6.07 Å². The third-order valence-corrected chi connectivity index (χ3v) is 3.29. The first kappa shape index (κ1) is 11.2. The molecular formula is C12H17NO3.